The third kappa shape index (κ3) is 4.30. The van der Waals surface area contributed by atoms with Gasteiger partial charge in [-0.25, -0.2) is 0 Å². The number of nitrogens with one attached hydrogen (secondary N) is 1. The predicted octanol–water partition coefficient (Wildman–Crippen LogP) is 2.67. The van der Waals surface area contributed by atoms with E-state index in [1.54, 1.807) is 0 Å². The van der Waals surface area contributed by atoms with E-state index in [1.165, 1.54) is 11.1 Å². The molecule has 0 spiro atoms. The third-order valence-corrected chi connectivity index (χ3v) is 4.38. The number of hydrogen-bond donors (Lipinski definition) is 1. The van der Waals surface area contributed by atoms with Crippen LogP contribution in [0.2, 0.25) is 0 Å². The van der Waals surface area contributed by atoms with Crippen LogP contribution >= 0.6 is 0 Å². The first-order valence-corrected chi connectivity index (χ1v) is 8.43. The van der Waals surface area contributed by atoms with Gasteiger partial charge >= 0.3 is 0 Å². The summed E-state index contributed by atoms with van der Waals surface area (Å²) in [6, 6.07) is 12.9. The molecule has 1 fully saturated rings. The van der Waals surface area contributed by atoms with Crippen LogP contribution in [0.1, 0.15) is 24.1 Å². The van der Waals surface area contributed by atoms with Gasteiger partial charge in [-0.15, -0.1) is 0 Å². The molecular formula is C19H25N3O. The summed E-state index contributed by atoms with van der Waals surface area (Å²) in [7, 11) is 0. The van der Waals surface area contributed by atoms with Crippen LogP contribution in [0.4, 0.5) is 0 Å². The minimum Gasteiger partial charge on any atom is -0.492 e. The van der Waals surface area contributed by atoms with Crippen LogP contribution in [-0.2, 0) is 6.42 Å². The monoisotopic (exact) mass is 311 g/mol. The lowest BCUT2D eigenvalue weighted by atomic mass is 10.1. The summed E-state index contributed by atoms with van der Waals surface area (Å²) in [4.78, 5) is 6.74. The molecule has 4 nitrogen and oxygen atoms in total. The van der Waals surface area contributed by atoms with Crippen molar-refractivity contribution >= 4 is 0 Å². The van der Waals surface area contributed by atoms with Crippen LogP contribution in [0.25, 0.3) is 0 Å². The minimum atomic E-state index is 0.378. The summed E-state index contributed by atoms with van der Waals surface area (Å²) in [6.07, 6.45) is 4.84. The zero-order chi connectivity index (χ0) is 15.9. The maximum absolute atomic E-state index is 5.96. The quantitative estimate of drug-likeness (QED) is 0.890. The van der Waals surface area contributed by atoms with E-state index in [4.69, 9.17) is 4.74 Å². The summed E-state index contributed by atoms with van der Waals surface area (Å²) in [5.74, 6) is 0.970. The molecule has 2 heterocycles. The Morgan fingerprint density at radius 3 is 3.09 bits per heavy atom. The topological polar surface area (TPSA) is 37.4 Å². The Morgan fingerprint density at radius 2 is 2.26 bits per heavy atom. The maximum Gasteiger partial charge on any atom is 0.119 e. The molecule has 4 heteroatoms. The summed E-state index contributed by atoms with van der Waals surface area (Å²) in [5.41, 5.74) is 2.59. The van der Waals surface area contributed by atoms with Crippen molar-refractivity contribution in [2.45, 2.75) is 19.4 Å². The highest BCUT2D eigenvalue weighted by Crippen LogP contribution is 2.21. The average molecular weight is 311 g/mol. The van der Waals surface area contributed by atoms with Crippen molar-refractivity contribution < 1.29 is 4.74 Å². The van der Waals surface area contributed by atoms with Crippen molar-refractivity contribution in [3.05, 3.63) is 59.9 Å². The number of nitrogens with zero attached hydrogens (tertiary/aromatic N) is 2. The van der Waals surface area contributed by atoms with Gasteiger partial charge in [0, 0.05) is 44.6 Å². The second-order valence-electron chi connectivity index (χ2n) is 5.89. The number of benzene rings is 1. The van der Waals surface area contributed by atoms with E-state index in [0.29, 0.717) is 12.6 Å². The van der Waals surface area contributed by atoms with Gasteiger partial charge in [0.05, 0.1) is 0 Å². The molecule has 1 aliphatic rings. The highest BCUT2D eigenvalue weighted by molar-refractivity contribution is 5.28. The zero-order valence-corrected chi connectivity index (χ0v) is 13.7. The van der Waals surface area contributed by atoms with Crippen LogP contribution in [0.15, 0.2) is 48.8 Å². The fourth-order valence-electron chi connectivity index (χ4n) is 3.05. The van der Waals surface area contributed by atoms with Gasteiger partial charge in [-0.05, 0) is 35.7 Å². The summed E-state index contributed by atoms with van der Waals surface area (Å²) in [5, 5.41) is 3.48. The highest BCUT2D eigenvalue weighted by atomic mass is 16.5. The number of piperazine rings is 1. The van der Waals surface area contributed by atoms with Crippen LogP contribution in [0, 0.1) is 0 Å². The smallest absolute Gasteiger partial charge is 0.119 e. The molecule has 0 amide bonds. The van der Waals surface area contributed by atoms with E-state index >= 15 is 0 Å². The van der Waals surface area contributed by atoms with Gasteiger partial charge in [0.1, 0.15) is 12.4 Å². The number of aromatic nitrogens is 1. The average Bonchev–Trinajstić information content (AvgIpc) is 2.63. The van der Waals surface area contributed by atoms with Crippen molar-refractivity contribution in [1.29, 1.82) is 0 Å². The Hall–Kier alpha value is -1.91. The molecule has 0 radical (unpaired) electrons. The molecule has 0 aliphatic carbocycles. The molecule has 0 saturated carbocycles. The molecule has 1 saturated heterocycles. The van der Waals surface area contributed by atoms with Gasteiger partial charge < -0.3 is 10.1 Å². The molecular weight excluding hydrogens is 286 g/mol. The van der Waals surface area contributed by atoms with Gasteiger partial charge in [0.25, 0.3) is 0 Å². The molecule has 1 aromatic heterocycles. The Balaban J connectivity index is 1.57. The SMILES string of the molecule is CCc1cccc(OCCN2CCNCC2c2cccnc2)c1. The van der Waals surface area contributed by atoms with Crippen molar-refractivity contribution in [3.63, 3.8) is 0 Å². The lowest BCUT2D eigenvalue weighted by Gasteiger charge is -2.36. The Kier molecular flexibility index (Phi) is 5.61. The molecule has 1 aliphatic heterocycles. The fraction of sp³-hybridized carbons (Fsp3) is 0.421. The van der Waals surface area contributed by atoms with Gasteiger partial charge in [-0.2, -0.15) is 0 Å². The summed E-state index contributed by atoms with van der Waals surface area (Å²) in [6.45, 7) is 6.84. The van der Waals surface area contributed by atoms with Gasteiger partial charge in [-0.1, -0.05) is 25.1 Å². The molecule has 1 atom stereocenters. The first-order valence-electron chi connectivity index (χ1n) is 8.43. The normalized spacial score (nSPS) is 18.7. The van der Waals surface area contributed by atoms with Crippen LogP contribution in [0.5, 0.6) is 5.75 Å². The number of aryl methyl sites for hydroxylation is 1. The van der Waals surface area contributed by atoms with Crippen LogP contribution in [-0.4, -0.2) is 42.7 Å². The first-order chi connectivity index (χ1) is 11.4. The van der Waals surface area contributed by atoms with E-state index in [0.717, 1.165) is 38.3 Å². The minimum absolute atomic E-state index is 0.378. The second-order valence-corrected chi connectivity index (χ2v) is 5.89. The Labute approximate surface area is 138 Å². The van der Waals surface area contributed by atoms with Gasteiger partial charge in [0.15, 0.2) is 0 Å². The fourth-order valence-corrected chi connectivity index (χ4v) is 3.05. The maximum atomic E-state index is 5.96. The molecule has 1 N–H and O–H groups in total. The zero-order valence-electron chi connectivity index (χ0n) is 13.7. The highest BCUT2D eigenvalue weighted by Gasteiger charge is 2.23. The van der Waals surface area contributed by atoms with E-state index in [-0.39, 0.29) is 0 Å². The van der Waals surface area contributed by atoms with Crippen LogP contribution < -0.4 is 10.1 Å². The molecule has 122 valence electrons. The number of pyridine rings is 1. The third-order valence-electron chi connectivity index (χ3n) is 4.38. The van der Waals surface area contributed by atoms with Gasteiger partial charge in [-0.3, -0.25) is 9.88 Å². The summed E-state index contributed by atoms with van der Waals surface area (Å²) >= 11 is 0. The van der Waals surface area contributed by atoms with Gasteiger partial charge in [0.2, 0.25) is 0 Å². The molecule has 23 heavy (non-hydrogen) atoms. The van der Waals surface area contributed by atoms with Crippen LogP contribution in [0.3, 0.4) is 0 Å². The molecule has 2 aromatic rings. The van der Waals surface area contributed by atoms with E-state index in [9.17, 15) is 0 Å². The number of hydrogen-bond acceptors (Lipinski definition) is 4. The van der Waals surface area contributed by atoms with E-state index < -0.39 is 0 Å². The first kappa shape index (κ1) is 16.0. The number of rotatable bonds is 6. The van der Waals surface area contributed by atoms with Crippen molar-refractivity contribution in [2.24, 2.45) is 0 Å². The Bertz CT molecular complexity index is 603. The second kappa shape index (κ2) is 8.09. The Morgan fingerprint density at radius 1 is 1.30 bits per heavy atom. The molecule has 1 aromatic carbocycles. The van der Waals surface area contributed by atoms with Crippen molar-refractivity contribution in [3.8, 4) is 5.75 Å². The lowest BCUT2D eigenvalue weighted by molar-refractivity contribution is 0.134. The largest absolute Gasteiger partial charge is 0.492 e. The van der Waals surface area contributed by atoms with Crippen molar-refractivity contribution in [2.75, 3.05) is 32.8 Å². The van der Waals surface area contributed by atoms with E-state index in [1.807, 2.05) is 24.5 Å². The predicted molar refractivity (Wildman–Crippen MR) is 92.7 cm³/mol. The number of ether oxygens (including phenoxy) is 1. The molecule has 1 unspecified atom stereocenters. The van der Waals surface area contributed by atoms with Crippen molar-refractivity contribution in [1.82, 2.24) is 15.2 Å². The van der Waals surface area contributed by atoms with E-state index in [2.05, 4.69) is 46.4 Å². The standard InChI is InChI=1S/C19H25N3O/c1-2-16-5-3-7-18(13-16)23-12-11-22-10-9-21-15-19(22)17-6-4-8-20-14-17/h3-8,13-14,19,21H,2,9-12,15H2,1H3. The lowest BCUT2D eigenvalue weighted by Crippen LogP contribution is -2.47. The molecule has 0 bridgehead atoms. The molecule has 3 rings (SSSR count). The summed E-state index contributed by atoms with van der Waals surface area (Å²) < 4.78 is 5.96.